The Labute approximate surface area is 195 Å². The van der Waals surface area contributed by atoms with E-state index in [9.17, 15) is 9.59 Å². The predicted molar refractivity (Wildman–Crippen MR) is 131 cm³/mol. The van der Waals surface area contributed by atoms with Crippen molar-refractivity contribution in [3.8, 4) is 5.75 Å². The Morgan fingerprint density at radius 2 is 1.76 bits per heavy atom. The van der Waals surface area contributed by atoms with Crippen LogP contribution in [0.4, 0.5) is 11.4 Å². The van der Waals surface area contributed by atoms with Crippen LogP contribution in [0.2, 0.25) is 0 Å². The number of esters is 2. The van der Waals surface area contributed by atoms with E-state index in [0.717, 1.165) is 43.2 Å². The zero-order valence-corrected chi connectivity index (χ0v) is 18.9. The van der Waals surface area contributed by atoms with Gasteiger partial charge in [-0.2, -0.15) is 0 Å². The van der Waals surface area contributed by atoms with Gasteiger partial charge in [0.1, 0.15) is 5.75 Å². The van der Waals surface area contributed by atoms with Crippen molar-refractivity contribution in [2.24, 2.45) is 11.8 Å². The summed E-state index contributed by atoms with van der Waals surface area (Å²) in [7, 11) is 0. The summed E-state index contributed by atoms with van der Waals surface area (Å²) in [5.41, 5.74) is 14.5. The molecule has 0 atom stereocenters. The van der Waals surface area contributed by atoms with Gasteiger partial charge in [-0.25, -0.2) is 4.79 Å². The molecule has 6 heteroatoms. The summed E-state index contributed by atoms with van der Waals surface area (Å²) in [5.74, 6) is 0.495. The maximum Gasteiger partial charge on any atom is 0.330 e. The van der Waals surface area contributed by atoms with Gasteiger partial charge in [-0.3, -0.25) is 4.79 Å². The summed E-state index contributed by atoms with van der Waals surface area (Å²) in [6, 6.07) is 12.3. The molecule has 33 heavy (non-hydrogen) atoms. The van der Waals surface area contributed by atoms with E-state index >= 15 is 0 Å². The van der Waals surface area contributed by atoms with Crippen LogP contribution in [-0.4, -0.2) is 18.5 Å². The van der Waals surface area contributed by atoms with Crippen molar-refractivity contribution < 1.29 is 19.1 Å². The van der Waals surface area contributed by atoms with Crippen molar-refractivity contribution in [1.82, 2.24) is 0 Å². The number of nitrogen functional groups attached to an aromatic ring is 2. The van der Waals surface area contributed by atoms with Gasteiger partial charge in [0.15, 0.2) is 0 Å². The van der Waals surface area contributed by atoms with Crippen molar-refractivity contribution in [1.29, 1.82) is 0 Å². The summed E-state index contributed by atoms with van der Waals surface area (Å²) in [6.45, 7) is 4.00. The first-order valence-corrected chi connectivity index (χ1v) is 11.4. The summed E-state index contributed by atoms with van der Waals surface area (Å²) in [6.07, 6.45) is 10.3. The standard InChI is InChI=1S/C27H32N2O4/c1-2-3-19-4-9-21(10-5-19)27(31)33-24-12-6-20(7-13-24)8-15-26(30)32-17-16-22-18-23(28)11-14-25(22)29/h2,6-8,11-15,18-19,21H,1,3-5,9-10,16-17,28-29H2. The molecule has 0 aliphatic heterocycles. The number of nitrogens with two attached hydrogens (primary N) is 2. The van der Waals surface area contributed by atoms with E-state index in [0.29, 0.717) is 29.5 Å². The Balaban J connectivity index is 1.42. The molecule has 3 rings (SSSR count). The van der Waals surface area contributed by atoms with Crippen LogP contribution >= 0.6 is 0 Å². The Morgan fingerprint density at radius 1 is 1.03 bits per heavy atom. The van der Waals surface area contributed by atoms with Gasteiger partial charge in [-0.15, -0.1) is 6.58 Å². The summed E-state index contributed by atoms with van der Waals surface area (Å²) in [5, 5.41) is 0. The second-order valence-corrected chi connectivity index (χ2v) is 8.44. The van der Waals surface area contributed by atoms with Crippen LogP contribution in [0.15, 0.2) is 61.2 Å². The molecule has 4 N–H and O–H groups in total. The van der Waals surface area contributed by atoms with Gasteiger partial charge in [0, 0.05) is 23.9 Å². The minimum atomic E-state index is -0.444. The van der Waals surface area contributed by atoms with Crippen molar-refractivity contribution >= 4 is 29.4 Å². The highest BCUT2D eigenvalue weighted by atomic mass is 16.5. The molecule has 0 aromatic heterocycles. The Morgan fingerprint density at radius 3 is 2.45 bits per heavy atom. The van der Waals surface area contributed by atoms with Crippen LogP contribution < -0.4 is 16.2 Å². The second kappa shape index (κ2) is 11.9. The number of carbonyl (C=O) groups is 2. The third-order valence-corrected chi connectivity index (χ3v) is 5.97. The minimum Gasteiger partial charge on any atom is -0.462 e. The highest BCUT2D eigenvalue weighted by molar-refractivity contribution is 5.87. The van der Waals surface area contributed by atoms with Crippen molar-refractivity contribution in [2.75, 3.05) is 18.1 Å². The molecule has 1 fully saturated rings. The van der Waals surface area contributed by atoms with Crippen LogP contribution in [0.5, 0.6) is 5.75 Å². The van der Waals surface area contributed by atoms with Gasteiger partial charge < -0.3 is 20.9 Å². The first-order chi connectivity index (χ1) is 15.9. The molecule has 2 aromatic rings. The first kappa shape index (κ1) is 24.1. The fraction of sp³-hybridized carbons (Fsp3) is 0.333. The number of rotatable bonds is 9. The summed E-state index contributed by atoms with van der Waals surface area (Å²) >= 11 is 0. The molecule has 0 radical (unpaired) electrons. The molecule has 0 bridgehead atoms. The molecular formula is C27H32N2O4. The molecule has 0 heterocycles. The van der Waals surface area contributed by atoms with E-state index in [1.165, 1.54) is 6.08 Å². The Kier molecular flexibility index (Phi) is 8.70. The molecule has 1 saturated carbocycles. The number of anilines is 2. The maximum atomic E-state index is 12.4. The Hall–Kier alpha value is -3.54. The summed E-state index contributed by atoms with van der Waals surface area (Å²) in [4.78, 5) is 24.4. The highest BCUT2D eigenvalue weighted by Gasteiger charge is 2.27. The molecule has 1 aliphatic rings. The van der Waals surface area contributed by atoms with E-state index in [4.69, 9.17) is 20.9 Å². The van der Waals surface area contributed by atoms with Gasteiger partial charge in [-0.05, 0) is 85.6 Å². The van der Waals surface area contributed by atoms with Crippen LogP contribution in [0.1, 0.15) is 43.2 Å². The molecule has 0 saturated heterocycles. The lowest BCUT2D eigenvalue weighted by Crippen LogP contribution is -2.25. The SMILES string of the molecule is C=CCC1CCC(C(=O)Oc2ccc(C=CC(=O)OCCc3cc(N)ccc3N)cc2)CC1. The number of hydrogen-bond acceptors (Lipinski definition) is 6. The highest BCUT2D eigenvalue weighted by Crippen LogP contribution is 2.32. The fourth-order valence-corrected chi connectivity index (χ4v) is 4.03. The average Bonchev–Trinajstić information content (AvgIpc) is 2.81. The first-order valence-electron chi connectivity index (χ1n) is 11.4. The largest absolute Gasteiger partial charge is 0.462 e. The lowest BCUT2D eigenvalue weighted by atomic mass is 9.80. The second-order valence-electron chi connectivity index (χ2n) is 8.44. The van der Waals surface area contributed by atoms with E-state index in [-0.39, 0.29) is 18.5 Å². The van der Waals surface area contributed by atoms with E-state index in [2.05, 4.69) is 6.58 Å². The number of ether oxygens (including phenoxy) is 2. The quantitative estimate of drug-likeness (QED) is 0.185. The van der Waals surface area contributed by atoms with E-state index < -0.39 is 5.97 Å². The van der Waals surface area contributed by atoms with Crippen LogP contribution in [-0.2, 0) is 20.7 Å². The normalized spacial score (nSPS) is 18.1. The van der Waals surface area contributed by atoms with Gasteiger partial charge in [0.25, 0.3) is 0 Å². The predicted octanol–water partition coefficient (Wildman–Crippen LogP) is 4.94. The van der Waals surface area contributed by atoms with E-state index in [1.54, 1.807) is 48.5 Å². The zero-order chi connectivity index (χ0) is 23.6. The molecule has 174 valence electrons. The fourth-order valence-electron chi connectivity index (χ4n) is 4.03. The molecule has 1 aliphatic carbocycles. The van der Waals surface area contributed by atoms with Gasteiger partial charge in [-0.1, -0.05) is 18.2 Å². The van der Waals surface area contributed by atoms with Gasteiger partial charge in [0.2, 0.25) is 0 Å². The maximum absolute atomic E-state index is 12.4. The lowest BCUT2D eigenvalue weighted by Gasteiger charge is -2.26. The molecule has 6 nitrogen and oxygen atoms in total. The monoisotopic (exact) mass is 448 g/mol. The smallest absolute Gasteiger partial charge is 0.330 e. The van der Waals surface area contributed by atoms with Crippen molar-refractivity contribution in [2.45, 2.75) is 38.5 Å². The minimum absolute atomic E-state index is 0.0388. The summed E-state index contributed by atoms with van der Waals surface area (Å²) < 4.78 is 10.8. The third kappa shape index (κ3) is 7.52. The lowest BCUT2D eigenvalue weighted by molar-refractivity contribution is -0.140. The zero-order valence-electron chi connectivity index (χ0n) is 18.9. The number of hydrogen-bond donors (Lipinski definition) is 2. The number of carbonyl (C=O) groups excluding carboxylic acids is 2. The topological polar surface area (TPSA) is 105 Å². The number of benzene rings is 2. The van der Waals surface area contributed by atoms with Crippen molar-refractivity contribution in [3.05, 3.63) is 72.3 Å². The van der Waals surface area contributed by atoms with Crippen LogP contribution in [0, 0.1) is 11.8 Å². The van der Waals surface area contributed by atoms with E-state index in [1.807, 2.05) is 6.08 Å². The van der Waals surface area contributed by atoms with Crippen molar-refractivity contribution in [3.63, 3.8) is 0 Å². The molecule has 0 spiro atoms. The molecular weight excluding hydrogens is 416 g/mol. The molecule has 0 amide bonds. The van der Waals surface area contributed by atoms with Gasteiger partial charge >= 0.3 is 11.9 Å². The van der Waals surface area contributed by atoms with Crippen LogP contribution in [0.3, 0.4) is 0 Å². The third-order valence-electron chi connectivity index (χ3n) is 5.97. The number of allylic oxidation sites excluding steroid dienone is 1. The Bertz CT molecular complexity index is 990. The van der Waals surface area contributed by atoms with Gasteiger partial charge in [0.05, 0.1) is 12.5 Å². The average molecular weight is 449 g/mol. The molecule has 2 aromatic carbocycles. The molecule has 0 unspecified atom stereocenters. The van der Waals surface area contributed by atoms with Crippen LogP contribution in [0.25, 0.3) is 6.08 Å².